The number of fused-ring (bicyclic) bond motifs is 8. The Morgan fingerprint density at radius 3 is 1.03 bits per heavy atom. The van der Waals surface area contributed by atoms with Gasteiger partial charge in [0.15, 0.2) is 0 Å². The smallest absolute Gasteiger partial charge is 0.312 e. The largest absolute Gasteiger partial charge is 0.459 e. The first-order chi connectivity index (χ1) is 39.7. The third-order valence-electron chi connectivity index (χ3n) is 27.9. The van der Waals surface area contributed by atoms with Crippen molar-refractivity contribution in [2.75, 3.05) is 0 Å². The maximum atomic E-state index is 12.5. The van der Waals surface area contributed by atoms with E-state index < -0.39 is 0 Å². The molecule has 0 radical (unpaired) electrons. The van der Waals surface area contributed by atoms with Gasteiger partial charge in [0.1, 0.15) is 28.0 Å². The van der Waals surface area contributed by atoms with Crippen molar-refractivity contribution in [1.29, 1.82) is 0 Å². The summed E-state index contributed by atoms with van der Waals surface area (Å²) in [6, 6.07) is 0. The second-order valence-corrected chi connectivity index (χ2v) is 35.9. The highest BCUT2D eigenvalue weighted by molar-refractivity contribution is 5.78. The Labute approximate surface area is 608 Å². The summed E-state index contributed by atoms with van der Waals surface area (Å²) < 4.78 is 29.9. The summed E-state index contributed by atoms with van der Waals surface area (Å²) in [6.07, 6.45) is 29.3. The first-order valence-corrected chi connectivity index (χ1v) is 35.9. The van der Waals surface area contributed by atoms with Gasteiger partial charge in [0.2, 0.25) is 0 Å². The fraction of sp³-hybridized carbons (Fsp3) is 0.943. The maximum absolute atomic E-state index is 12.5. The molecular formula is C87H176O10. The van der Waals surface area contributed by atoms with Crippen molar-refractivity contribution in [2.24, 2.45) is 84.2 Å². The molecule has 0 heterocycles. The Bertz CT molecular complexity index is 2380. The lowest BCUT2D eigenvalue weighted by Gasteiger charge is -2.51. The lowest BCUT2D eigenvalue weighted by molar-refractivity contribution is -0.202. The van der Waals surface area contributed by atoms with Crippen molar-refractivity contribution in [3.63, 3.8) is 0 Å². The molecule has 12 atom stereocenters. The monoisotopic (exact) mass is 1380 g/mol. The molecule has 0 aromatic carbocycles. The van der Waals surface area contributed by atoms with Crippen LogP contribution in [0, 0.1) is 84.2 Å². The van der Waals surface area contributed by atoms with Gasteiger partial charge in [0.05, 0.1) is 27.1 Å². The zero-order chi connectivity index (χ0) is 66.3. The van der Waals surface area contributed by atoms with Crippen LogP contribution in [0.2, 0.25) is 0 Å². The molecule has 0 spiro atoms. The van der Waals surface area contributed by atoms with Crippen LogP contribution < -0.4 is 0 Å². The SMILES string of the molecule is C.C.C.C.C.C.C.C.C.C.CCC(C)(C)C(=O)OC1(C)C2(C)CCC(C2)C1(C)C.CCC(C)(C)C(=O)OC1(C)CC2CCC1(C)C2(C)C.CCC(C)(C)C(=O)OC1(C)CC2CCC1C2.CCC(C)(C)C(=O)OC1(C)CCCCCC1.CCC(C)(C)C(=O)OC1(CC)CC2CCC1C2. The molecule has 9 saturated carbocycles. The van der Waals surface area contributed by atoms with Crippen LogP contribution in [0.15, 0.2) is 0 Å². The Morgan fingerprint density at radius 1 is 0.351 bits per heavy atom. The summed E-state index contributed by atoms with van der Waals surface area (Å²) in [5.74, 6) is 4.19. The van der Waals surface area contributed by atoms with Crippen molar-refractivity contribution >= 4 is 29.8 Å². The van der Waals surface area contributed by atoms with Crippen LogP contribution >= 0.6 is 0 Å². The van der Waals surface area contributed by atoms with Gasteiger partial charge in [-0.25, -0.2) is 0 Å². The third kappa shape index (κ3) is 21.3. The fourth-order valence-corrected chi connectivity index (χ4v) is 17.2. The summed E-state index contributed by atoms with van der Waals surface area (Å²) in [7, 11) is 0. The van der Waals surface area contributed by atoms with Crippen molar-refractivity contribution in [1.82, 2.24) is 0 Å². The average Bonchev–Trinajstić information content (AvgIpc) is 1.55. The van der Waals surface area contributed by atoms with E-state index in [9.17, 15) is 24.0 Å². The van der Waals surface area contributed by atoms with Crippen LogP contribution in [0.1, 0.15) is 421 Å². The normalized spacial score (nSPS) is 31.9. The van der Waals surface area contributed by atoms with Gasteiger partial charge in [-0.1, -0.05) is 170 Å². The Morgan fingerprint density at radius 2 is 0.711 bits per heavy atom. The van der Waals surface area contributed by atoms with E-state index in [-0.39, 0.29) is 181 Å². The molecule has 8 bridgehead atoms. The molecule has 10 heteroatoms. The number of carbonyl (C=O) groups is 5. The Kier molecular flexibility index (Phi) is 40.9. The van der Waals surface area contributed by atoms with Crippen LogP contribution in [0.4, 0.5) is 0 Å². The summed E-state index contributed by atoms with van der Waals surface area (Å²) in [4.78, 5) is 61.4. The molecule has 97 heavy (non-hydrogen) atoms. The van der Waals surface area contributed by atoms with E-state index in [0.29, 0.717) is 23.7 Å². The van der Waals surface area contributed by atoms with E-state index in [4.69, 9.17) is 23.7 Å². The van der Waals surface area contributed by atoms with Gasteiger partial charge in [-0.15, -0.1) is 0 Å². The molecule has 0 saturated heterocycles. The minimum Gasteiger partial charge on any atom is -0.459 e. The summed E-state index contributed by atoms with van der Waals surface area (Å²) in [5.41, 5.74) is -2.22. The van der Waals surface area contributed by atoms with E-state index in [1.807, 2.05) is 83.1 Å². The van der Waals surface area contributed by atoms with E-state index in [1.54, 1.807) is 0 Å². The predicted molar refractivity (Wildman–Crippen MR) is 422 cm³/mol. The van der Waals surface area contributed by atoms with Crippen molar-refractivity contribution in [2.45, 2.75) is 449 Å². The molecule has 0 aromatic heterocycles. The van der Waals surface area contributed by atoms with Crippen LogP contribution in [-0.2, 0) is 47.7 Å². The second-order valence-electron chi connectivity index (χ2n) is 35.9. The third-order valence-corrected chi connectivity index (χ3v) is 27.9. The van der Waals surface area contributed by atoms with Gasteiger partial charge in [0.25, 0.3) is 0 Å². The Balaban J connectivity index is -0.000000261. The zero-order valence-electron chi connectivity index (χ0n) is 61.4. The quantitative estimate of drug-likeness (QED) is 0.0836. The van der Waals surface area contributed by atoms with E-state index in [0.717, 1.165) is 82.5 Å². The Hall–Kier alpha value is -2.65. The second kappa shape index (κ2) is 37.7. The highest BCUT2D eigenvalue weighted by Crippen LogP contribution is 2.71. The molecule has 0 aliphatic heterocycles. The predicted octanol–water partition coefficient (Wildman–Crippen LogP) is 27.1. The first-order valence-electron chi connectivity index (χ1n) is 35.9. The molecule has 9 aliphatic carbocycles. The molecule has 12 unspecified atom stereocenters. The highest BCUT2D eigenvalue weighted by atomic mass is 16.6. The van der Waals surface area contributed by atoms with Crippen molar-refractivity contribution < 1.29 is 47.7 Å². The minimum atomic E-state index is -0.378. The van der Waals surface area contributed by atoms with Crippen LogP contribution in [0.25, 0.3) is 0 Å². The maximum Gasteiger partial charge on any atom is 0.312 e. The molecular weight excluding hydrogens is 1200 g/mol. The molecule has 0 amide bonds. The van der Waals surface area contributed by atoms with Crippen LogP contribution in [-0.4, -0.2) is 57.9 Å². The standard InChI is InChI=1S/2C17H30O2.C15H26O2.C14H24O2.C14H26O2.10CH4/c1-8-14(2,3)13(18)19-17(7)11-12-9-10-16(17,6)15(12,4)5;1-8-14(2,3)13(18)19-17(7)15(4,5)12-9-10-16(17,6)11-12;1-5-14(3,4)13(16)17-15(6-2)10-11-7-8-12(15)9-11;1-5-13(2,3)12(15)16-14(4)9-10-6-7-11(14)8-10;1-5-13(2,3)12(15)16-14(4)10-8-6-7-9-11-14;;;;;;;;;;/h2*12H,8-11H2,1-7H3;11-12H,5-10H2,1-4H3;10-11H,5-9H2,1-4H3;5-11H2,1-4H3;10*1H4. The lowest BCUT2D eigenvalue weighted by Crippen LogP contribution is -2.55. The first kappa shape index (κ1) is 105. The van der Waals surface area contributed by atoms with E-state index in [2.05, 4.69) is 96.9 Å². The summed E-state index contributed by atoms with van der Waals surface area (Å²) in [5, 5.41) is 0. The summed E-state index contributed by atoms with van der Waals surface area (Å²) >= 11 is 0. The number of esters is 5. The van der Waals surface area contributed by atoms with Crippen LogP contribution in [0.3, 0.4) is 0 Å². The average molecular weight is 1380 g/mol. The van der Waals surface area contributed by atoms with Gasteiger partial charge in [-0.2, -0.15) is 0 Å². The number of ether oxygens (including phenoxy) is 5. The lowest BCUT2D eigenvalue weighted by atomic mass is 9.61. The molecule has 584 valence electrons. The number of hydrogen-bond acceptors (Lipinski definition) is 10. The minimum absolute atomic E-state index is 0. The van der Waals surface area contributed by atoms with Crippen LogP contribution in [0.5, 0.6) is 0 Å². The number of carbonyl (C=O) groups excluding carboxylic acids is 5. The molecule has 9 aliphatic rings. The van der Waals surface area contributed by atoms with Crippen molar-refractivity contribution in [3.05, 3.63) is 0 Å². The van der Waals surface area contributed by atoms with E-state index in [1.165, 1.54) is 96.3 Å². The van der Waals surface area contributed by atoms with Gasteiger partial charge >= 0.3 is 29.8 Å². The number of hydrogen-bond donors (Lipinski definition) is 0. The van der Waals surface area contributed by atoms with Gasteiger partial charge in [-0.05, 0) is 292 Å². The van der Waals surface area contributed by atoms with Crippen molar-refractivity contribution in [3.8, 4) is 0 Å². The van der Waals surface area contributed by atoms with Gasteiger partial charge in [0, 0.05) is 16.2 Å². The topological polar surface area (TPSA) is 132 Å². The van der Waals surface area contributed by atoms with Gasteiger partial charge in [-0.3, -0.25) is 24.0 Å². The van der Waals surface area contributed by atoms with Gasteiger partial charge < -0.3 is 23.7 Å². The highest BCUT2D eigenvalue weighted by Gasteiger charge is 2.70. The summed E-state index contributed by atoms with van der Waals surface area (Å²) in [6.45, 7) is 54.7. The van der Waals surface area contributed by atoms with E-state index >= 15 is 0 Å². The molecule has 0 aromatic rings. The molecule has 9 fully saturated rings. The molecule has 10 nitrogen and oxygen atoms in total. The zero-order valence-corrected chi connectivity index (χ0v) is 61.4. The molecule has 0 N–H and O–H groups in total. The number of rotatable bonds is 16. The molecule has 9 rings (SSSR count). The fourth-order valence-electron chi connectivity index (χ4n) is 17.2.